The quantitative estimate of drug-likeness (QED) is 0.866. The molecule has 0 bridgehead atoms. The van der Waals surface area contributed by atoms with Gasteiger partial charge in [-0.15, -0.1) is 0 Å². The molecule has 5 nitrogen and oxygen atoms in total. The Hall–Kier alpha value is -2.30. The topological polar surface area (TPSA) is 72.4 Å². The van der Waals surface area contributed by atoms with Gasteiger partial charge >= 0.3 is 6.03 Å². The molecule has 2 fully saturated rings. The summed E-state index contributed by atoms with van der Waals surface area (Å²) in [4.78, 5) is 18.1. The van der Waals surface area contributed by atoms with E-state index >= 15 is 0 Å². The summed E-state index contributed by atoms with van der Waals surface area (Å²) in [6.45, 7) is 0.638. The van der Waals surface area contributed by atoms with E-state index in [0.717, 1.165) is 30.1 Å². The van der Waals surface area contributed by atoms with Gasteiger partial charge in [-0.05, 0) is 24.7 Å². The lowest BCUT2D eigenvalue weighted by Gasteiger charge is -2.24. The van der Waals surface area contributed by atoms with Crippen molar-refractivity contribution in [3.63, 3.8) is 0 Å². The number of likely N-dealkylation sites (tertiary alicyclic amines) is 1. The molecule has 1 saturated heterocycles. The van der Waals surface area contributed by atoms with Gasteiger partial charge in [0.2, 0.25) is 5.89 Å². The first kappa shape index (κ1) is 17.1. The van der Waals surface area contributed by atoms with Crippen molar-refractivity contribution < 1.29 is 9.21 Å². The van der Waals surface area contributed by atoms with E-state index in [4.69, 9.17) is 10.2 Å². The first-order valence-electron chi connectivity index (χ1n) is 9.61. The highest BCUT2D eigenvalue weighted by atomic mass is 16.4. The third-order valence-electron chi connectivity index (χ3n) is 5.70. The van der Waals surface area contributed by atoms with Crippen LogP contribution in [0.25, 0.3) is 11.3 Å². The van der Waals surface area contributed by atoms with Gasteiger partial charge < -0.3 is 15.1 Å². The lowest BCUT2D eigenvalue weighted by Crippen LogP contribution is -2.35. The van der Waals surface area contributed by atoms with Crippen LogP contribution in [0.1, 0.15) is 56.9 Å². The summed E-state index contributed by atoms with van der Waals surface area (Å²) >= 11 is 0. The first-order valence-corrected chi connectivity index (χ1v) is 9.61. The summed E-state index contributed by atoms with van der Waals surface area (Å²) in [5.74, 6) is 3.48. The third-order valence-corrected chi connectivity index (χ3v) is 5.70. The van der Waals surface area contributed by atoms with Crippen molar-refractivity contribution in [1.82, 2.24) is 9.88 Å². The molecule has 1 atom stereocenters. The maximum atomic E-state index is 12.0. The number of nitrogens with two attached hydrogens (primary N) is 1. The number of hydrogen-bond donors (Lipinski definition) is 1. The monoisotopic (exact) mass is 352 g/mol. The van der Waals surface area contributed by atoms with E-state index < -0.39 is 6.03 Å². The highest BCUT2D eigenvalue weighted by molar-refractivity contribution is 5.73. The number of hydrogen-bond acceptors (Lipinski definition) is 3. The molecule has 2 aliphatic rings. The van der Waals surface area contributed by atoms with E-state index in [9.17, 15) is 4.79 Å². The summed E-state index contributed by atoms with van der Waals surface area (Å²) < 4.78 is 6.00. The van der Waals surface area contributed by atoms with Crippen LogP contribution in [0.15, 0.2) is 40.9 Å². The van der Waals surface area contributed by atoms with E-state index in [1.165, 1.54) is 38.0 Å². The van der Waals surface area contributed by atoms with Gasteiger partial charge in [0.15, 0.2) is 5.76 Å². The molecule has 1 aliphatic heterocycles. The predicted octanol–water partition coefficient (Wildman–Crippen LogP) is 4.71. The number of urea groups is 1. The fourth-order valence-corrected chi connectivity index (χ4v) is 4.38. The Labute approximate surface area is 154 Å². The molecular formula is C21H26N3O2. The molecule has 2 N–H and O–H groups in total. The zero-order valence-corrected chi connectivity index (χ0v) is 15.1. The van der Waals surface area contributed by atoms with Crippen LogP contribution in [0.4, 0.5) is 4.79 Å². The van der Waals surface area contributed by atoms with Crippen LogP contribution in [0.5, 0.6) is 0 Å². The summed E-state index contributed by atoms with van der Waals surface area (Å²) in [5, 5.41) is 0. The molecule has 2 aromatic rings. The molecule has 1 aromatic heterocycles. The van der Waals surface area contributed by atoms with Crippen molar-refractivity contribution in [2.75, 3.05) is 6.54 Å². The highest BCUT2D eigenvalue weighted by Crippen LogP contribution is 2.41. The minimum Gasteiger partial charge on any atom is -0.438 e. The fourth-order valence-electron chi connectivity index (χ4n) is 4.38. The molecule has 0 unspecified atom stereocenters. The summed E-state index contributed by atoms with van der Waals surface area (Å²) in [6.07, 6.45) is 10.3. The zero-order valence-electron chi connectivity index (χ0n) is 15.1. The van der Waals surface area contributed by atoms with Crippen LogP contribution in [-0.4, -0.2) is 22.5 Å². The van der Waals surface area contributed by atoms with Crippen molar-refractivity contribution in [2.24, 2.45) is 11.7 Å². The Kier molecular flexibility index (Phi) is 4.96. The van der Waals surface area contributed by atoms with E-state index in [1.807, 2.05) is 30.3 Å². The Bertz CT molecular complexity index is 737. The van der Waals surface area contributed by atoms with Crippen molar-refractivity contribution in [2.45, 2.75) is 51.0 Å². The molecule has 26 heavy (non-hydrogen) atoms. The second-order valence-electron chi connectivity index (χ2n) is 7.57. The molecule has 4 rings (SSSR count). The average Bonchev–Trinajstić information content (AvgIpc) is 3.30. The Balaban J connectivity index is 1.49. The number of oxazole rings is 1. The van der Waals surface area contributed by atoms with E-state index in [2.05, 4.69) is 4.98 Å². The first-order chi connectivity index (χ1) is 12.7. The molecule has 1 saturated carbocycles. The second kappa shape index (κ2) is 7.52. The minimum atomic E-state index is -0.395. The zero-order chi connectivity index (χ0) is 17.9. The molecule has 2 amide bonds. The smallest absolute Gasteiger partial charge is 0.315 e. The average molecular weight is 352 g/mol. The largest absolute Gasteiger partial charge is 0.438 e. The Morgan fingerprint density at radius 2 is 1.96 bits per heavy atom. The van der Waals surface area contributed by atoms with Gasteiger partial charge in [-0.2, -0.15) is 0 Å². The lowest BCUT2D eigenvalue weighted by molar-refractivity contribution is 0.194. The van der Waals surface area contributed by atoms with Crippen LogP contribution in [0.3, 0.4) is 0 Å². The van der Waals surface area contributed by atoms with Crippen LogP contribution in [0.2, 0.25) is 0 Å². The number of carbonyl (C=O) groups excluding carboxylic acids is 1. The summed E-state index contributed by atoms with van der Waals surface area (Å²) in [6, 6.07) is 9.32. The fraction of sp³-hybridized carbons (Fsp3) is 0.476. The molecular weight excluding hydrogens is 326 g/mol. The van der Waals surface area contributed by atoms with Gasteiger partial charge in [0.25, 0.3) is 0 Å². The number of nitrogens with zero attached hydrogens (tertiary/aromatic N) is 2. The maximum absolute atomic E-state index is 12.0. The van der Waals surface area contributed by atoms with E-state index in [1.54, 1.807) is 11.1 Å². The predicted molar refractivity (Wildman–Crippen MR) is 100 cm³/mol. The van der Waals surface area contributed by atoms with Crippen LogP contribution in [-0.2, 0) is 0 Å². The molecule has 1 aliphatic carbocycles. The van der Waals surface area contributed by atoms with E-state index in [0.29, 0.717) is 12.4 Å². The number of carbonyl (C=O) groups is 1. The number of primary amides is 1. The number of amides is 2. The van der Waals surface area contributed by atoms with Crippen molar-refractivity contribution >= 4 is 6.03 Å². The highest BCUT2D eigenvalue weighted by Gasteiger charge is 2.39. The normalized spacial score (nSPS) is 22.0. The maximum Gasteiger partial charge on any atom is 0.315 e. The molecule has 2 heterocycles. The molecule has 1 aromatic carbocycles. The van der Waals surface area contributed by atoms with Gasteiger partial charge in [0.05, 0.1) is 6.20 Å². The summed E-state index contributed by atoms with van der Waals surface area (Å²) in [7, 11) is 0. The van der Waals surface area contributed by atoms with Gasteiger partial charge in [-0.3, -0.25) is 0 Å². The minimum absolute atomic E-state index is 0.177. The number of rotatable bonds is 4. The van der Waals surface area contributed by atoms with Crippen molar-refractivity contribution in [1.29, 1.82) is 0 Å². The van der Waals surface area contributed by atoms with Crippen molar-refractivity contribution in [3.05, 3.63) is 48.3 Å². The number of benzene rings is 1. The number of aromatic nitrogens is 1. The molecule has 137 valence electrons. The Morgan fingerprint density at radius 1 is 1.19 bits per heavy atom. The van der Waals surface area contributed by atoms with Crippen LogP contribution < -0.4 is 5.73 Å². The standard InChI is InChI=1S/C21H26N3O2/c22-21(25)24-14-16(11-15-7-3-1-4-8-15)12-18(24)20-23-13-19(26-20)17-9-5-2-6-10-17/h2,5-6,9-10,13,15,18H,1,3-4,7-8,11-12,14H2,(H2,22,25)/t18-/m0/s1. The lowest BCUT2D eigenvalue weighted by atomic mass is 9.82. The molecule has 0 spiro atoms. The van der Waals surface area contributed by atoms with Gasteiger partial charge in [0.1, 0.15) is 6.04 Å². The van der Waals surface area contributed by atoms with E-state index in [-0.39, 0.29) is 6.04 Å². The summed E-state index contributed by atoms with van der Waals surface area (Å²) in [5.41, 5.74) is 6.63. The van der Waals surface area contributed by atoms with Gasteiger partial charge in [-0.1, -0.05) is 62.4 Å². The Morgan fingerprint density at radius 3 is 2.69 bits per heavy atom. The molecule has 1 radical (unpaired) electrons. The van der Waals surface area contributed by atoms with Crippen LogP contribution >= 0.6 is 0 Å². The van der Waals surface area contributed by atoms with Crippen molar-refractivity contribution in [3.8, 4) is 11.3 Å². The second-order valence-corrected chi connectivity index (χ2v) is 7.57. The third kappa shape index (κ3) is 3.62. The van der Waals surface area contributed by atoms with Gasteiger partial charge in [-0.25, -0.2) is 9.78 Å². The van der Waals surface area contributed by atoms with Crippen LogP contribution in [0, 0.1) is 11.8 Å². The molecule has 5 heteroatoms. The SMILES string of the molecule is NC(=O)N1C[C](CC2CCCCC2)C[C@H]1c1ncc(-c2ccccc2)o1. The van der Waals surface area contributed by atoms with Gasteiger partial charge in [0, 0.05) is 12.1 Å².